The summed E-state index contributed by atoms with van der Waals surface area (Å²) in [5.74, 6) is 0.645. The average Bonchev–Trinajstić information content (AvgIpc) is 3.66. The third kappa shape index (κ3) is 3.67. The van der Waals surface area contributed by atoms with E-state index in [1.165, 1.54) is 21.5 Å². The van der Waals surface area contributed by atoms with Crippen molar-refractivity contribution in [1.82, 2.24) is 14.5 Å². The van der Waals surface area contributed by atoms with Crippen LogP contribution in [0.15, 0.2) is 156 Å². The molecule has 0 saturated carbocycles. The number of furan rings is 1. The second kappa shape index (κ2) is 9.62. The second-order valence-corrected chi connectivity index (χ2v) is 11.8. The number of para-hydroxylation sites is 3. The van der Waals surface area contributed by atoms with Gasteiger partial charge in [-0.05, 0) is 52.7 Å². The van der Waals surface area contributed by atoms with E-state index in [1.807, 2.05) is 18.2 Å². The molecule has 0 atom stereocenters. The lowest BCUT2D eigenvalue weighted by Gasteiger charge is -2.13. The monoisotopic (exact) mass is 587 g/mol. The van der Waals surface area contributed by atoms with Crippen LogP contribution in [0.1, 0.15) is 0 Å². The van der Waals surface area contributed by atoms with Gasteiger partial charge < -0.3 is 4.42 Å². The maximum atomic E-state index is 6.42. The van der Waals surface area contributed by atoms with Crippen LogP contribution < -0.4 is 0 Å². The van der Waals surface area contributed by atoms with Crippen LogP contribution in [0.3, 0.4) is 0 Å². The van der Waals surface area contributed by atoms with Crippen molar-refractivity contribution in [2.45, 2.75) is 0 Å². The molecule has 214 valence electrons. The molecule has 3 heterocycles. The van der Waals surface area contributed by atoms with Crippen molar-refractivity contribution in [1.29, 1.82) is 0 Å². The minimum Gasteiger partial charge on any atom is -0.455 e. The van der Waals surface area contributed by atoms with Crippen molar-refractivity contribution < 1.29 is 4.42 Å². The summed E-state index contributed by atoms with van der Waals surface area (Å²) >= 11 is 0. The van der Waals surface area contributed by atoms with Gasteiger partial charge in [-0.25, -0.2) is 9.97 Å². The molecule has 0 aliphatic rings. The van der Waals surface area contributed by atoms with Crippen molar-refractivity contribution >= 4 is 65.4 Å². The first-order chi connectivity index (χ1) is 22.8. The Kier molecular flexibility index (Phi) is 5.25. The van der Waals surface area contributed by atoms with Gasteiger partial charge in [0.1, 0.15) is 11.2 Å². The van der Waals surface area contributed by atoms with Gasteiger partial charge >= 0.3 is 0 Å². The Bertz CT molecular complexity index is 2810. The molecule has 0 spiro atoms. The van der Waals surface area contributed by atoms with E-state index < -0.39 is 0 Å². The predicted molar refractivity (Wildman–Crippen MR) is 190 cm³/mol. The maximum Gasteiger partial charge on any atom is 0.235 e. The molecule has 0 aliphatic carbocycles. The highest BCUT2D eigenvalue weighted by atomic mass is 16.3. The Morgan fingerprint density at radius 2 is 1.20 bits per heavy atom. The van der Waals surface area contributed by atoms with E-state index in [2.05, 4.69) is 138 Å². The number of hydrogen-bond acceptors (Lipinski definition) is 3. The largest absolute Gasteiger partial charge is 0.455 e. The van der Waals surface area contributed by atoms with Gasteiger partial charge in [0.2, 0.25) is 5.95 Å². The summed E-state index contributed by atoms with van der Waals surface area (Å²) in [5, 5.41) is 8.00. The second-order valence-electron chi connectivity index (χ2n) is 11.8. The summed E-state index contributed by atoms with van der Waals surface area (Å²) in [7, 11) is 0. The molecule has 46 heavy (non-hydrogen) atoms. The molecule has 4 heteroatoms. The topological polar surface area (TPSA) is 43.9 Å². The minimum absolute atomic E-state index is 0.645. The molecule has 3 aromatic heterocycles. The highest BCUT2D eigenvalue weighted by Gasteiger charge is 2.19. The van der Waals surface area contributed by atoms with Gasteiger partial charge in [0.05, 0.1) is 22.2 Å². The highest BCUT2D eigenvalue weighted by Crippen LogP contribution is 2.39. The molecule has 0 N–H and O–H groups in total. The van der Waals surface area contributed by atoms with Gasteiger partial charge in [0, 0.05) is 38.1 Å². The molecule has 0 amide bonds. The van der Waals surface area contributed by atoms with Crippen LogP contribution in [-0.4, -0.2) is 14.5 Å². The zero-order valence-corrected chi connectivity index (χ0v) is 24.7. The standard InChI is InChI=1S/C42H25N3O/c1-2-11-26(12-3-1)40-34-22-21-29(30-17-10-18-33-32-16-7-9-20-39(32)46-41(30)33)24-36(34)43-42(44-40)45-37-19-8-6-15-31(37)35-23-27-13-4-5-14-28(27)25-38(35)45/h1-25H. The molecule has 0 unspecified atom stereocenters. The number of nitrogens with zero attached hydrogens (tertiary/aromatic N) is 3. The Hall–Kier alpha value is -6.26. The number of benzene rings is 7. The Morgan fingerprint density at radius 3 is 2.09 bits per heavy atom. The fraction of sp³-hybridized carbons (Fsp3) is 0. The van der Waals surface area contributed by atoms with Crippen LogP contribution >= 0.6 is 0 Å². The first-order valence-electron chi connectivity index (χ1n) is 15.5. The van der Waals surface area contributed by atoms with Gasteiger partial charge in [-0.1, -0.05) is 115 Å². The summed E-state index contributed by atoms with van der Waals surface area (Å²) in [6.45, 7) is 0. The van der Waals surface area contributed by atoms with E-state index in [9.17, 15) is 0 Å². The summed E-state index contributed by atoms with van der Waals surface area (Å²) in [4.78, 5) is 10.6. The van der Waals surface area contributed by atoms with Crippen LogP contribution in [0.5, 0.6) is 0 Å². The van der Waals surface area contributed by atoms with Crippen LogP contribution in [-0.2, 0) is 0 Å². The third-order valence-electron chi connectivity index (χ3n) is 9.19. The van der Waals surface area contributed by atoms with E-state index in [-0.39, 0.29) is 0 Å². The van der Waals surface area contributed by atoms with Gasteiger partial charge in [-0.2, -0.15) is 0 Å². The normalized spacial score (nSPS) is 11.9. The smallest absolute Gasteiger partial charge is 0.235 e. The SMILES string of the molecule is c1ccc(-c2nc(-n3c4ccccc4c4cc5ccccc5cc43)nc3cc(-c4cccc5c4oc4ccccc45)ccc23)cc1. The van der Waals surface area contributed by atoms with E-state index in [1.54, 1.807) is 0 Å². The highest BCUT2D eigenvalue weighted by molar-refractivity contribution is 6.14. The zero-order chi connectivity index (χ0) is 30.2. The van der Waals surface area contributed by atoms with Crippen molar-refractivity contribution in [3.05, 3.63) is 152 Å². The number of aromatic nitrogens is 3. The third-order valence-corrected chi connectivity index (χ3v) is 9.19. The lowest BCUT2D eigenvalue weighted by molar-refractivity contribution is 0.670. The molecule has 10 rings (SSSR count). The van der Waals surface area contributed by atoms with Crippen LogP contribution in [0.2, 0.25) is 0 Å². The van der Waals surface area contributed by atoms with Crippen LogP contribution in [0, 0.1) is 0 Å². The van der Waals surface area contributed by atoms with Crippen LogP contribution in [0.4, 0.5) is 0 Å². The van der Waals surface area contributed by atoms with Crippen molar-refractivity contribution in [2.75, 3.05) is 0 Å². The molecule has 0 fully saturated rings. The molecular formula is C42H25N3O. The Balaban J connectivity index is 1.28. The summed E-state index contributed by atoms with van der Waals surface area (Å²) in [6, 6.07) is 53.1. The number of rotatable bonds is 3. The van der Waals surface area contributed by atoms with E-state index >= 15 is 0 Å². The quantitative estimate of drug-likeness (QED) is 0.207. The van der Waals surface area contributed by atoms with Crippen molar-refractivity contribution in [3.63, 3.8) is 0 Å². The first kappa shape index (κ1) is 25.1. The summed E-state index contributed by atoms with van der Waals surface area (Å²) < 4.78 is 8.64. The van der Waals surface area contributed by atoms with E-state index in [0.717, 1.165) is 66.3 Å². The lowest BCUT2D eigenvalue weighted by atomic mass is 9.99. The van der Waals surface area contributed by atoms with Gasteiger partial charge in [0.15, 0.2) is 0 Å². The molecule has 7 aromatic carbocycles. The Morgan fingerprint density at radius 1 is 0.457 bits per heavy atom. The van der Waals surface area contributed by atoms with E-state index in [0.29, 0.717) is 5.95 Å². The molecule has 4 nitrogen and oxygen atoms in total. The van der Waals surface area contributed by atoms with Gasteiger partial charge in [-0.15, -0.1) is 0 Å². The molecule has 0 bridgehead atoms. The van der Waals surface area contributed by atoms with Crippen molar-refractivity contribution in [2.24, 2.45) is 0 Å². The fourth-order valence-corrected chi connectivity index (χ4v) is 7.05. The minimum atomic E-state index is 0.645. The van der Waals surface area contributed by atoms with Crippen molar-refractivity contribution in [3.8, 4) is 28.3 Å². The van der Waals surface area contributed by atoms with Gasteiger partial charge in [-0.3, -0.25) is 4.57 Å². The summed E-state index contributed by atoms with van der Waals surface area (Å²) in [5.41, 5.74) is 8.86. The first-order valence-corrected chi connectivity index (χ1v) is 15.5. The van der Waals surface area contributed by atoms with E-state index in [4.69, 9.17) is 14.4 Å². The number of hydrogen-bond donors (Lipinski definition) is 0. The lowest BCUT2D eigenvalue weighted by Crippen LogP contribution is -2.03. The molecular weight excluding hydrogens is 562 g/mol. The molecule has 0 saturated heterocycles. The fourth-order valence-electron chi connectivity index (χ4n) is 7.05. The zero-order valence-electron chi connectivity index (χ0n) is 24.7. The molecule has 0 radical (unpaired) electrons. The maximum absolute atomic E-state index is 6.42. The number of fused-ring (bicyclic) bond motifs is 8. The summed E-state index contributed by atoms with van der Waals surface area (Å²) in [6.07, 6.45) is 0. The molecule has 0 aliphatic heterocycles. The Labute approximate surface area is 263 Å². The average molecular weight is 588 g/mol. The van der Waals surface area contributed by atoms with Gasteiger partial charge in [0.25, 0.3) is 0 Å². The van der Waals surface area contributed by atoms with Crippen LogP contribution in [0.25, 0.3) is 93.8 Å². The predicted octanol–water partition coefficient (Wildman–Crippen LogP) is 11.1. The molecule has 10 aromatic rings.